The van der Waals surface area contributed by atoms with E-state index in [2.05, 4.69) is 10.6 Å². The zero-order chi connectivity index (χ0) is 19.9. The van der Waals surface area contributed by atoms with Crippen molar-refractivity contribution in [2.24, 2.45) is 0 Å². The molecule has 0 bridgehead atoms. The van der Waals surface area contributed by atoms with E-state index in [4.69, 9.17) is 4.74 Å². The number of methoxy groups -OCH3 is 1. The molecule has 0 radical (unpaired) electrons. The number of hydrogen-bond donors (Lipinski definition) is 2. The first-order chi connectivity index (χ1) is 12.8. The van der Waals surface area contributed by atoms with E-state index in [9.17, 15) is 18.0 Å². The molecule has 2 aromatic carbocycles. The van der Waals surface area contributed by atoms with Crippen molar-refractivity contribution in [2.45, 2.75) is 12.5 Å². The summed E-state index contributed by atoms with van der Waals surface area (Å²) in [5.74, 6) is -0.880. The van der Waals surface area contributed by atoms with E-state index in [1.54, 1.807) is 54.6 Å². The van der Waals surface area contributed by atoms with Gasteiger partial charge in [-0.05, 0) is 30.7 Å². The highest BCUT2D eigenvalue weighted by molar-refractivity contribution is 7.90. The molecule has 0 saturated heterocycles. The summed E-state index contributed by atoms with van der Waals surface area (Å²) in [7, 11) is -1.85. The largest absolute Gasteiger partial charge is 0.496 e. The number of rotatable bonds is 8. The molecule has 2 N–H and O–H groups in total. The predicted molar refractivity (Wildman–Crippen MR) is 104 cm³/mol. The van der Waals surface area contributed by atoms with Crippen LogP contribution in [-0.2, 0) is 14.6 Å². The molecule has 7 nitrogen and oxygen atoms in total. The van der Waals surface area contributed by atoms with Gasteiger partial charge in [0, 0.05) is 11.9 Å². The number of anilines is 1. The van der Waals surface area contributed by atoms with Crippen LogP contribution in [0.15, 0.2) is 54.6 Å². The summed E-state index contributed by atoms with van der Waals surface area (Å²) in [5, 5.41) is 5.29. The molecule has 2 aromatic rings. The lowest BCUT2D eigenvalue weighted by Gasteiger charge is -2.19. The maximum atomic E-state index is 12.6. The highest BCUT2D eigenvalue weighted by Crippen LogP contribution is 2.17. The Kier molecular flexibility index (Phi) is 6.95. The highest BCUT2D eigenvalue weighted by atomic mass is 32.2. The van der Waals surface area contributed by atoms with Crippen LogP contribution in [0.3, 0.4) is 0 Å². The van der Waals surface area contributed by atoms with Crippen molar-refractivity contribution >= 4 is 27.3 Å². The maximum absolute atomic E-state index is 12.6. The second-order valence-electron chi connectivity index (χ2n) is 6.00. The Morgan fingerprint density at radius 3 is 2.30 bits per heavy atom. The van der Waals surface area contributed by atoms with E-state index >= 15 is 0 Å². The Morgan fingerprint density at radius 1 is 1.04 bits per heavy atom. The van der Waals surface area contributed by atoms with E-state index in [0.717, 1.165) is 6.26 Å². The molecule has 0 fully saturated rings. The molecule has 27 heavy (non-hydrogen) atoms. The van der Waals surface area contributed by atoms with Crippen molar-refractivity contribution in [3.63, 3.8) is 0 Å². The second kappa shape index (κ2) is 9.18. The average Bonchev–Trinajstić information content (AvgIpc) is 2.64. The molecule has 0 aliphatic rings. The molecule has 0 aromatic heterocycles. The third-order valence-corrected chi connectivity index (χ3v) is 4.77. The molecule has 8 heteroatoms. The molecule has 0 heterocycles. The van der Waals surface area contributed by atoms with E-state index in [0.29, 0.717) is 11.4 Å². The van der Waals surface area contributed by atoms with Gasteiger partial charge in [0.2, 0.25) is 5.91 Å². The highest BCUT2D eigenvalue weighted by Gasteiger charge is 2.24. The molecule has 0 aliphatic heterocycles. The van der Waals surface area contributed by atoms with Crippen LogP contribution in [0, 0.1) is 0 Å². The molecule has 0 saturated carbocycles. The van der Waals surface area contributed by atoms with Crippen LogP contribution in [0.5, 0.6) is 5.75 Å². The van der Waals surface area contributed by atoms with Gasteiger partial charge in [-0.25, -0.2) is 8.42 Å². The number of sulfone groups is 1. The van der Waals surface area contributed by atoms with E-state index in [-0.39, 0.29) is 17.7 Å². The van der Waals surface area contributed by atoms with E-state index in [1.165, 1.54) is 7.11 Å². The number of benzene rings is 2. The van der Waals surface area contributed by atoms with Crippen molar-refractivity contribution in [3.8, 4) is 5.75 Å². The standard InChI is InChI=1S/C19H22N2O5S/c1-26-17-11-7-6-10-15(17)18(22)21-16(12-13-27(2,24)25)19(23)20-14-8-4-3-5-9-14/h3-11,16H,12-13H2,1-2H3,(H,20,23)(H,21,22)/t16-/m0/s1. The lowest BCUT2D eigenvalue weighted by atomic mass is 10.1. The van der Waals surface area contributed by atoms with Crippen molar-refractivity contribution in [1.29, 1.82) is 0 Å². The van der Waals surface area contributed by atoms with Crippen LogP contribution >= 0.6 is 0 Å². The summed E-state index contributed by atoms with van der Waals surface area (Å²) in [6.07, 6.45) is 1.04. The van der Waals surface area contributed by atoms with Gasteiger partial charge < -0.3 is 15.4 Å². The fourth-order valence-corrected chi connectivity index (χ4v) is 3.08. The summed E-state index contributed by atoms with van der Waals surface area (Å²) in [6, 6.07) is 14.3. The van der Waals surface area contributed by atoms with Gasteiger partial charge in [0.05, 0.1) is 18.4 Å². The fourth-order valence-electron chi connectivity index (χ4n) is 2.42. The number of ether oxygens (including phenoxy) is 1. The summed E-state index contributed by atoms with van der Waals surface area (Å²) in [5.41, 5.74) is 0.815. The Balaban J connectivity index is 2.18. The van der Waals surface area contributed by atoms with Gasteiger partial charge in [-0.1, -0.05) is 30.3 Å². The SMILES string of the molecule is COc1ccccc1C(=O)N[C@@H](CCS(C)(=O)=O)C(=O)Nc1ccccc1. The summed E-state index contributed by atoms with van der Waals surface area (Å²) in [6.45, 7) is 0. The van der Waals surface area contributed by atoms with Crippen molar-refractivity contribution in [1.82, 2.24) is 5.32 Å². The topological polar surface area (TPSA) is 102 Å². The number of nitrogens with one attached hydrogen (secondary N) is 2. The van der Waals surface area contributed by atoms with Crippen LogP contribution < -0.4 is 15.4 Å². The van der Waals surface area contributed by atoms with Crippen molar-refractivity contribution in [2.75, 3.05) is 24.4 Å². The predicted octanol–water partition coefficient (Wildman–Crippen LogP) is 1.87. The molecule has 0 spiro atoms. The van der Waals surface area contributed by atoms with E-state index < -0.39 is 27.7 Å². The molecule has 2 rings (SSSR count). The third-order valence-electron chi connectivity index (χ3n) is 3.79. The van der Waals surface area contributed by atoms with Gasteiger partial charge in [-0.2, -0.15) is 0 Å². The zero-order valence-corrected chi connectivity index (χ0v) is 16.0. The lowest BCUT2D eigenvalue weighted by Crippen LogP contribution is -2.44. The molecular weight excluding hydrogens is 368 g/mol. The third kappa shape index (κ3) is 6.41. The number of para-hydroxylation sites is 2. The van der Waals surface area contributed by atoms with Crippen LogP contribution in [-0.4, -0.2) is 45.4 Å². The van der Waals surface area contributed by atoms with Gasteiger partial charge >= 0.3 is 0 Å². The number of amides is 2. The van der Waals surface area contributed by atoms with Crippen molar-refractivity contribution in [3.05, 3.63) is 60.2 Å². The van der Waals surface area contributed by atoms with Crippen LogP contribution in [0.2, 0.25) is 0 Å². The minimum atomic E-state index is -3.29. The number of carbonyl (C=O) groups excluding carboxylic acids is 2. The summed E-state index contributed by atoms with van der Waals surface area (Å²) >= 11 is 0. The Labute approximate surface area is 158 Å². The average molecular weight is 390 g/mol. The number of hydrogen-bond acceptors (Lipinski definition) is 5. The first kappa shape index (κ1) is 20.4. The van der Waals surface area contributed by atoms with Gasteiger partial charge in [-0.3, -0.25) is 9.59 Å². The summed E-state index contributed by atoms with van der Waals surface area (Å²) in [4.78, 5) is 25.2. The Bertz CT molecular complexity index is 897. The second-order valence-corrected chi connectivity index (χ2v) is 8.26. The minimum absolute atomic E-state index is 0.0433. The molecule has 2 amide bonds. The smallest absolute Gasteiger partial charge is 0.255 e. The first-order valence-corrected chi connectivity index (χ1v) is 10.3. The van der Waals surface area contributed by atoms with Gasteiger partial charge in [0.1, 0.15) is 21.6 Å². The fraction of sp³-hybridized carbons (Fsp3) is 0.263. The molecule has 1 atom stereocenters. The van der Waals surface area contributed by atoms with E-state index in [1.807, 2.05) is 0 Å². The first-order valence-electron chi connectivity index (χ1n) is 8.27. The number of carbonyl (C=O) groups is 2. The minimum Gasteiger partial charge on any atom is -0.496 e. The molecule has 144 valence electrons. The summed E-state index contributed by atoms with van der Waals surface area (Å²) < 4.78 is 28.2. The van der Waals surface area contributed by atoms with Crippen molar-refractivity contribution < 1.29 is 22.7 Å². The van der Waals surface area contributed by atoms with Gasteiger partial charge in [0.25, 0.3) is 5.91 Å². The van der Waals surface area contributed by atoms with Crippen LogP contribution in [0.1, 0.15) is 16.8 Å². The molecular formula is C19H22N2O5S. The maximum Gasteiger partial charge on any atom is 0.255 e. The lowest BCUT2D eigenvalue weighted by molar-refractivity contribution is -0.118. The monoisotopic (exact) mass is 390 g/mol. The molecule has 0 unspecified atom stereocenters. The Morgan fingerprint density at radius 2 is 1.67 bits per heavy atom. The van der Waals surface area contributed by atoms with Crippen LogP contribution in [0.25, 0.3) is 0 Å². The normalized spacial score (nSPS) is 12.1. The van der Waals surface area contributed by atoms with Crippen LogP contribution in [0.4, 0.5) is 5.69 Å². The Hall–Kier alpha value is -2.87. The van der Waals surface area contributed by atoms with Gasteiger partial charge in [0.15, 0.2) is 0 Å². The zero-order valence-electron chi connectivity index (χ0n) is 15.1. The molecule has 0 aliphatic carbocycles. The van der Waals surface area contributed by atoms with Gasteiger partial charge in [-0.15, -0.1) is 0 Å². The quantitative estimate of drug-likeness (QED) is 0.716.